The molecule has 1 saturated heterocycles. The molecular weight excluding hydrogens is 408 g/mol. The summed E-state index contributed by atoms with van der Waals surface area (Å²) in [6, 6.07) is 7.40. The van der Waals surface area contributed by atoms with Crippen LogP contribution in [-0.4, -0.2) is 51.8 Å². The van der Waals surface area contributed by atoms with E-state index < -0.39 is 35.2 Å². The molecule has 2 amide bonds. The number of methoxy groups -OCH3 is 1. The molecule has 0 aliphatic carbocycles. The predicted molar refractivity (Wildman–Crippen MR) is 112 cm³/mol. The average molecular weight is 430 g/mol. The van der Waals surface area contributed by atoms with E-state index >= 15 is 0 Å². The lowest BCUT2D eigenvalue weighted by Gasteiger charge is -2.21. The largest absolute Gasteiger partial charge is 0.468 e. The Kier molecular flexibility index (Phi) is 6.02. The van der Waals surface area contributed by atoms with Gasteiger partial charge in [0, 0.05) is 22.7 Å². The Hall–Kier alpha value is -3.07. The number of aromatic nitrogens is 1. The summed E-state index contributed by atoms with van der Waals surface area (Å²) in [4.78, 5) is 49.8. The predicted octanol–water partition coefficient (Wildman–Crippen LogP) is 3.19. The van der Waals surface area contributed by atoms with Gasteiger partial charge >= 0.3 is 11.9 Å². The normalized spacial score (nSPS) is 15.9. The zero-order chi connectivity index (χ0) is 22.1. The van der Waals surface area contributed by atoms with Crippen LogP contribution in [0.1, 0.15) is 26.3 Å². The zero-order valence-electron chi connectivity index (χ0n) is 17.1. The number of benzene rings is 1. The van der Waals surface area contributed by atoms with Gasteiger partial charge in [0.05, 0.1) is 12.0 Å². The second kappa shape index (κ2) is 8.35. The van der Waals surface area contributed by atoms with Crippen molar-refractivity contribution in [3.63, 3.8) is 0 Å². The summed E-state index contributed by atoms with van der Waals surface area (Å²) >= 11 is 0.763. The number of esters is 2. The minimum atomic E-state index is -0.712. The third-order valence-corrected chi connectivity index (χ3v) is 5.12. The van der Waals surface area contributed by atoms with E-state index in [1.54, 1.807) is 37.6 Å². The second-order valence-corrected chi connectivity index (χ2v) is 8.65. The maximum Gasteiger partial charge on any atom is 0.326 e. The highest BCUT2D eigenvalue weighted by Crippen LogP contribution is 2.34. The summed E-state index contributed by atoms with van der Waals surface area (Å²) in [7, 11) is 1.32. The Morgan fingerprint density at radius 1 is 1.10 bits per heavy atom. The van der Waals surface area contributed by atoms with Gasteiger partial charge in [-0.05, 0) is 44.7 Å². The van der Waals surface area contributed by atoms with Crippen molar-refractivity contribution in [2.24, 2.45) is 0 Å². The van der Waals surface area contributed by atoms with Gasteiger partial charge in [0.2, 0.25) is 0 Å². The van der Waals surface area contributed by atoms with Crippen LogP contribution in [0.5, 0.6) is 0 Å². The number of hydrogen-bond donors (Lipinski definition) is 0. The fraction of sp³-hybridized carbons (Fsp3) is 0.333. The number of amides is 2. The molecule has 8 nitrogen and oxygen atoms in total. The molecule has 0 spiro atoms. The van der Waals surface area contributed by atoms with Crippen LogP contribution < -0.4 is 0 Å². The number of hydrogen-bond acceptors (Lipinski definition) is 7. The summed E-state index contributed by atoms with van der Waals surface area (Å²) < 4.78 is 11.7. The van der Waals surface area contributed by atoms with Gasteiger partial charge < -0.3 is 14.0 Å². The number of nitrogens with zero attached hydrogens (tertiary/aromatic N) is 2. The molecule has 0 unspecified atom stereocenters. The Bertz CT molecular complexity index is 1060. The van der Waals surface area contributed by atoms with Crippen LogP contribution in [0.2, 0.25) is 0 Å². The van der Waals surface area contributed by atoms with Gasteiger partial charge in [-0.15, -0.1) is 0 Å². The maximum atomic E-state index is 12.7. The Labute approximate surface area is 177 Å². The number of para-hydroxylation sites is 1. The Morgan fingerprint density at radius 3 is 2.47 bits per heavy atom. The molecule has 1 aliphatic heterocycles. The van der Waals surface area contributed by atoms with Gasteiger partial charge in [-0.1, -0.05) is 18.2 Å². The molecule has 158 valence electrons. The number of imide groups is 1. The lowest BCUT2D eigenvalue weighted by molar-refractivity contribution is -0.156. The molecule has 0 saturated carbocycles. The number of thioether (sulfide) groups is 1. The van der Waals surface area contributed by atoms with Crippen LogP contribution in [0.25, 0.3) is 17.0 Å². The standard InChI is InChI=1S/C21H22N2O6S/c1-21(2,3)29-18(25)12-23-19(26)16(30-20(23)27)9-13-10-22(11-17(24)28-4)15-8-6-5-7-14(13)15/h5-10H,11-12H2,1-4H3/b16-9+. The van der Waals surface area contributed by atoms with Crippen molar-refractivity contribution in [1.29, 1.82) is 0 Å². The van der Waals surface area contributed by atoms with Crippen LogP contribution in [0, 0.1) is 0 Å². The van der Waals surface area contributed by atoms with Gasteiger partial charge in [-0.25, -0.2) is 0 Å². The SMILES string of the molecule is COC(=O)Cn1cc(/C=C2/SC(=O)N(CC(=O)OC(C)(C)C)C2=O)c2ccccc21. The van der Waals surface area contributed by atoms with Crippen LogP contribution in [0.15, 0.2) is 35.4 Å². The van der Waals surface area contributed by atoms with Crippen molar-refractivity contribution in [1.82, 2.24) is 9.47 Å². The van der Waals surface area contributed by atoms with E-state index in [0.717, 1.165) is 27.6 Å². The monoisotopic (exact) mass is 430 g/mol. The quantitative estimate of drug-likeness (QED) is 0.531. The Balaban J connectivity index is 1.88. The molecule has 1 aliphatic rings. The first kappa shape index (κ1) is 21.6. The summed E-state index contributed by atoms with van der Waals surface area (Å²) in [5.74, 6) is -1.61. The zero-order valence-corrected chi connectivity index (χ0v) is 17.9. The molecule has 0 bridgehead atoms. The van der Waals surface area contributed by atoms with Crippen LogP contribution in [0.3, 0.4) is 0 Å². The fourth-order valence-electron chi connectivity index (χ4n) is 3.01. The lowest BCUT2D eigenvalue weighted by atomic mass is 10.1. The van der Waals surface area contributed by atoms with E-state index in [4.69, 9.17) is 9.47 Å². The molecule has 1 aromatic carbocycles. The lowest BCUT2D eigenvalue weighted by Crippen LogP contribution is -2.37. The summed E-state index contributed by atoms with van der Waals surface area (Å²) in [5.41, 5.74) is 0.760. The first-order chi connectivity index (χ1) is 14.1. The second-order valence-electron chi connectivity index (χ2n) is 7.66. The van der Waals surface area contributed by atoms with Gasteiger partial charge in [0.15, 0.2) is 0 Å². The van der Waals surface area contributed by atoms with Crippen molar-refractivity contribution in [2.75, 3.05) is 13.7 Å². The van der Waals surface area contributed by atoms with Gasteiger partial charge in [-0.2, -0.15) is 0 Å². The third kappa shape index (κ3) is 4.73. The highest BCUT2D eigenvalue weighted by molar-refractivity contribution is 8.18. The fourth-order valence-corrected chi connectivity index (χ4v) is 3.83. The number of rotatable bonds is 5. The smallest absolute Gasteiger partial charge is 0.326 e. The highest BCUT2D eigenvalue weighted by atomic mass is 32.2. The van der Waals surface area contributed by atoms with Crippen molar-refractivity contribution >= 4 is 51.8 Å². The number of carbonyl (C=O) groups excluding carboxylic acids is 4. The molecule has 2 aromatic rings. The van der Waals surface area contributed by atoms with E-state index in [1.165, 1.54) is 7.11 Å². The molecule has 1 aromatic heterocycles. The summed E-state index contributed by atoms with van der Waals surface area (Å²) in [5, 5.41) is 0.288. The topological polar surface area (TPSA) is 94.9 Å². The summed E-state index contributed by atoms with van der Waals surface area (Å²) in [6.07, 6.45) is 3.32. The van der Waals surface area contributed by atoms with Crippen molar-refractivity contribution in [3.8, 4) is 0 Å². The maximum absolute atomic E-state index is 12.7. The van der Waals surface area contributed by atoms with Crippen LogP contribution in [-0.2, 0) is 30.4 Å². The van der Waals surface area contributed by atoms with Crippen LogP contribution in [0.4, 0.5) is 4.79 Å². The third-order valence-electron chi connectivity index (χ3n) is 4.21. The van der Waals surface area contributed by atoms with E-state index in [2.05, 4.69) is 0 Å². The molecular formula is C21H22N2O6S. The van der Waals surface area contributed by atoms with Gasteiger partial charge in [0.1, 0.15) is 18.7 Å². The summed E-state index contributed by atoms with van der Waals surface area (Å²) in [6.45, 7) is 4.71. The molecule has 2 heterocycles. The number of carbonyl (C=O) groups is 4. The first-order valence-electron chi connectivity index (χ1n) is 9.21. The van der Waals surface area contributed by atoms with E-state index in [1.807, 2.05) is 24.3 Å². The molecule has 1 fully saturated rings. The molecule has 0 radical (unpaired) electrons. The van der Waals surface area contributed by atoms with E-state index in [0.29, 0.717) is 5.56 Å². The molecule has 30 heavy (non-hydrogen) atoms. The van der Waals surface area contributed by atoms with Crippen LogP contribution >= 0.6 is 11.8 Å². The van der Waals surface area contributed by atoms with Crippen molar-refractivity contribution < 1.29 is 28.7 Å². The van der Waals surface area contributed by atoms with E-state index in [-0.39, 0.29) is 11.4 Å². The highest BCUT2D eigenvalue weighted by Gasteiger charge is 2.37. The molecule has 3 rings (SSSR count). The molecule has 0 N–H and O–H groups in total. The molecule has 0 atom stereocenters. The first-order valence-corrected chi connectivity index (χ1v) is 10.0. The number of fused-ring (bicyclic) bond motifs is 1. The minimum absolute atomic E-state index is 0.0188. The minimum Gasteiger partial charge on any atom is -0.468 e. The van der Waals surface area contributed by atoms with Gasteiger partial charge in [-0.3, -0.25) is 24.1 Å². The van der Waals surface area contributed by atoms with E-state index in [9.17, 15) is 19.2 Å². The van der Waals surface area contributed by atoms with Crippen molar-refractivity contribution in [3.05, 3.63) is 40.9 Å². The van der Waals surface area contributed by atoms with Gasteiger partial charge in [0.25, 0.3) is 11.1 Å². The number of ether oxygens (including phenoxy) is 2. The average Bonchev–Trinajstić information content (AvgIpc) is 3.13. The molecule has 9 heteroatoms. The van der Waals surface area contributed by atoms with Crippen molar-refractivity contribution in [2.45, 2.75) is 32.9 Å². The Morgan fingerprint density at radius 2 is 1.80 bits per heavy atom.